The fourth-order valence-corrected chi connectivity index (χ4v) is 10.3. The molecule has 1 saturated carbocycles. The Balaban J connectivity index is 1.30. The van der Waals surface area contributed by atoms with Gasteiger partial charge in [0, 0.05) is 48.9 Å². The SMILES string of the molecule is CCn1cc(C(=O)NS2(=O)=NC(=O)c3ccc4c(c3)N(C[C@@H]3CC[C@H]3[C@@H](OC)/C=C\C[C@H](C)C2)C[C@@]2(CCCc3cc(Cl)ccc32)CO4)cn1. The van der Waals surface area contributed by atoms with Gasteiger partial charge in [0.15, 0.2) is 0 Å². The van der Waals surface area contributed by atoms with Gasteiger partial charge in [-0.15, -0.1) is 4.36 Å². The Morgan fingerprint density at radius 2 is 2.08 bits per heavy atom. The van der Waals surface area contributed by atoms with Gasteiger partial charge >= 0.3 is 0 Å². The summed E-state index contributed by atoms with van der Waals surface area (Å²) in [4.78, 5) is 29.7. The molecule has 6 atom stereocenters. The first kappa shape index (κ1) is 34.8. The quantitative estimate of drug-likeness (QED) is 0.302. The molecule has 10 nitrogen and oxygen atoms in total. The van der Waals surface area contributed by atoms with E-state index in [-0.39, 0.29) is 28.8 Å². The number of allylic oxidation sites excluding steroid dienone is 1. The number of aryl methyl sites for hydroxylation is 2. The van der Waals surface area contributed by atoms with Gasteiger partial charge in [-0.05, 0) is 105 Å². The van der Waals surface area contributed by atoms with Crippen LogP contribution in [-0.2, 0) is 33.0 Å². The molecule has 2 aliphatic carbocycles. The van der Waals surface area contributed by atoms with Gasteiger partial charge in [0.25, 0.3) is 11.8 Å². The van der Waals surface area contributed by atoms with Gasteiger partial charge in [-0.2, -0.15) is 5.10 Å². The van der Waals surface area contributed by atoms with Crippen molar-refractivity contribution in [3.05, 3.63) is 88.2 Å². The highest BCUT2D eigenvalue weighted by Gasteiger charge is 2.44. The maximum Gasteiger partial charge on any atom is 0.286 e. The zero-order chi connectivity index (χ0) is 35.0. The summed E-state index contributed by atoms with van der Waals surface area (Å²) in [5, 5.41) is 4.92. The van der Waals surface area contributed by atoms with Crippen LogP contribution in [-0.4, -0.2) is 64.5 Å². The largest absolute Gasteiger partial charge is 0.490 e. The normalized spacial score (nSPS) is 30.2. The van der Waals surface area contributed by atoms with Gasteiger partial charge in [-0.3, -0.25) is 19.0 Å². The first-order chi connectivity index (χ1) is 24.1. The summed E-state index contributed by atoms with van der Waals surface area (Å²) in [5.74, 6) is 0.0720. The van der Waals surface area contributed by atoms with E-state index in [1.807, 2.05) is 32.0 Å². The van der Waals surface area contributed by atoms with Gasteiger partial charge in [0.2, 0.25) is 0 Å². The summed E-state index contributed by atoms with van der Waals surface area (Å²) in [5.41, 5.74) is 3.66. The lowest BCUT2D eigenvalue weighted by molar-refractivity contribution is 0.0131. The Hall–Kier alpha value is -3.67. The van der Waals surface area contributed by atoms with E-state index in [2.05, 4.69) is 43.4 Å². The summed E-state index contributed by atoms with van der Waals surface area (Å²) in [7, 11) is -1.76. The van der Waals surface area contributed by atoms with E-state index < -0.39 is 21.7 Å². The molecule has 1 aromatic heterocycles. The molecule has 0 radical (unpaired) electrons. The fraction of sp³-hybridized carbons (Fsp3) is 0.500. The van der Waals surface area contributed by atoms with Crippen molar-refractivity contribution in [3.63, 3.8) is 0 Å². The van der Waals surface area contributed by atoms with Crippen molar-refractivity contribution in [2.24, 2.45) is 22.1 Å². The van der Waals surface area contributed by atoms with Crippen molar-refractivity contribution < 1.29 is 23.3 Å². The number of nitrogens with zero attached hydrogens (tertiary/aromatic N) is 4. The number of ether oxygens (including phenoxy) is 2. The maximum atomic E-state index is 14.5. The summed E-state index contributed by atoms with van der Waals surface area (Å²) in [6.45, 7) is 6.45. The van der Waals surface area contributed by atoms with Crippen molar-refractivity contribution in [3.8, 4) is 5.75 Å². The van der Waals surface area contributed by atoms with E-state index in [1.165, 1.54) is 17.3 Å². The minimum absolute atomic E-state index is 0.00651. The number of rotatable bonds is 4. The van der Waals surface area contributed by atoms with Crippen LogP contribution in [0.25, 0.3) is 0 Å². The zero-order valence-corrected chi connectivity index (χ0v) is 30.5. The number of methoxy groups -OCH3 is 1. The van der Waals surface area contributed by atoms with Crippen molar-refractivity contribution in [1.82, 2.24) is 14.5 Å². The third-order valence-corrected chi connectivity index (χ3v) is 13.2. The highest BCUT2D eigenvalue weighted by Crippen LogP contribution is 2.47. The molecule has 2 aromatic carbocycles. The molecule has 2 amide bonds. The number of benzene rings is 2. The molecule has 7 rings (SSSR count). The van der Waals surface area contributed by atoms with Gasteiger partial charge in [0.1, 0.15) is 15.7 Å². The lowest BCUT2D eigenvalue weighted by Gasteiger charge is -2.46. The molecule has 1 fully saturated rings. The second-order valence-corrected chi connectivity index (χ2v) is 16.9. The molecule has 50 heavy (non-hydrogen) atoms. The van der Waals surface area contributed by atoms with E-state index in [1.54, 1.807) is 24.1 Å². The van der Waals surface area contributed by atoms with Crippen molar-refractivity contribution in [1.29, 1.82) is 0 Å². The molecule has 2 aliphatic heterocycles. The molecular weight excluding hydrogens is 674 g/mol. The van der Waals surface area contributed by atoms with Gasteiger partial charge < -0.3 is 14.4 Å². The summed E-state index contributed by atoms with van der Waals surface area (Å²) in [6, 6.07) is 11.6. The average molecular weight is 720 g/mol. The molecule has 3 heterocycles. The molecule has 3 aromatic rings. The first-order valence-corrected chi connectivity index (χ1v) is 19.8. The van der Waals surface area contributed by atoms with E-state index in [4.69, 9.17) is 21.1 Å². The van der Waals surface area contributed by atoms with E-state index in [0.717, 1.165) is 55.9 Å². The lowest BCUT2D eigenvalue weighted by atomic mass is 9.68. The molecule has 1 spiro atoms. The van der Waals surface area contributed by atoms with Gasteiger partial charge in [-0.1, -0.05) is 36.7 Å². The minimum Gasteiger partial charge on any atom is -0.490 e. The molecule has 2 bridgehead atoms. The van der Waals surface area contributed by atoms with Crippen LogP contribution in [0.5, 0.6) is 5.75 Å². The number of nitrogens with one attached hydrogen (secondary N) is 1. The Kier molecular flexibility index (Phi) is 9.84. The molecule has 1 N–H and O–H groups in total. The van der Waals surface area contributed by atoms with Crippen LogP contribution in [0, 0.1) is 17.8 Å². The number of halogens is 1. The summed E-state index contributed by atoms with van der Waals surface area (Å²) >= 11 is 6.45. The number of anilines is 1. The van der Waals surface area contributed by atoms with E-state index >= 15 is 0 Å². The number of fused-ring (bicyclic) bond motifs is 4. The molecule has 4 aliphatic rings. The van der Waals surface area contributed by atoms with Crippen molar-refractivity contribution >= 4 is 39.0 Å². The molecule has 12 heteroatoms. The van der Waals surface area contributed by atoms with E-state index in [9.17, 15) is 13.8 Å². The zero-order valence-electron chi connectivity index (χ0n) is 29.0. The van der Waals surface area contributed by atoms with Crippen LogP contribution in [0.1, 0.15) is 77.8 Å². The molecule has 266 valence electrons. The lowest BCUT2D eigenvalue weighted by Crippen LogP contribution is -2.49. The van der Waals surface area contributed by atoms with Crippen LogP contribution in [0.2, 0.25) is 5.02 Å². The second kappa shape index (κ2) is 14.2. The van der Waals surface area contributed by atoms with Crippen LogP contribution < -0.4 is 14.4 Å². The molecule has 1 unspecified atom stereocenters. The molecular formula is C38H46ClN5O5S. The highest BCUT2D eigenvalue weighted by molar-refractivity contribution is 7.92. The van der Waals surface area contributed by atoms with Crippen LogP contribution in [0.4, 0.5) is 5.69 Å². The number of amides is 2. The maximum absolute atomic E-state index is 14.5. The standard InChI is InChI=1S/C38H46ClN5O5S/c1-4-44-21-29(19-40-44)37(46)42-50(47)22-25(2)7-5-9-34(48-3)31-13-10-28(31)20-43-23-38(16-6-8-26-17-30(39)12-14-32(26)38)24-49-35-15-11-27(18-33(35)43)36(45)41-50/h5,9,11-12,14-15,17-19,21,25,28,31,34H,4,6-8,10,13,16,20,22-24H2,1-3H3,(H,41,42,45,46,47)/b9-5-/t25-,28-,31+,34-,38-,50?/m0/s1. The predicted octanol–water partition coefficient (Wildman–Crippen LogP) is 6.62. The van der Waals surface area contributed by atoms with Gasteiger partial charge in [0.05, 0.1) is 35.9 Å². The monoisotopic (exact) mass is 719 g/mol. The average Bonchev–Trinajstić information content (AvgIpc) is 3.52. The number of hydrogen-bond donors (Lipinski definition) is 1. The highest BCUT2D eigenvalue weighted by atomic mass is 35.5. The van der Waals surface area contributed by atoms with Crippen molar-refractivity contribution in [2.75, 3.05) is 37.5 Å². The summed E-state index contributed by atoms with van der Waals surface area (Å²) in [6.07, 6.45) is 12.9. The Morgan fingerprint density at radius 3 is 2.84 bits per heavy atom. The fourth-order valence-electron chi connectivity index (χ4n) is 8.22. The third kappa shape index (κ3) is 6.96. The smallest absolute Gasteiger partial charge is 0.286 e. The number of carbonyl (C=O) groups is 2. The second-order valence-electron chi connectivity index (χ2n) is 14.5. The Morgan fingerprint density at radius 1 is 1.22 bits per heavy atom. The topological polar surface area (TPSA) is 115 Å². The van der Waals surface area contributed by atoms with Crippen LogP contribution in [0.15, 0.2) is 65.3 Å². The Labute approximate surface area is 299 Å². The predicted molar refractivity (Wildman–Crippen MR) is 195 cm³/mol. The third-order valence-electron chi connectivity index (χ3n) is 11.0. The minimum atomic E-state index is -3.52. The van der Waals surface area contributed by atoms with Crippen LogP contribution >= 0.6 is 11.6 Å². The van der Waals surface area contributed by atoms with E-state index in [0.29, 0.717) is 42.7 Å². The number of hydrogen-bond acceptors (Lipinski definition) is 7. The summed E-state index contributed by atoms with van der Waals surface area (Å²) < 4.78 is 35.7. The van der Waals surface area contributed by atoms with Crippen molar-refractivity contribution in [2.45, 2.75) is 70.4 Å². The first-order valence-electron chi connectivity index (χ1n) is 17.7. The number of carbonyl (C=O) groups excluding carboxylic acids is 2. The number of aromatic nitrogens is 2. The Bertz CT molecular complexity index is 1940. The van der Waals surface area contributed by atoms with Crippen LogP contribution in [0.3, 0.4) is 0 Å². The molecule has 0 saturated heterocycles. The van der Waals surface area contributed by atoms with Gasteiger partial charge in [-0.25, -0.2) is 4.21 Å².